The van der Waals surface area contributed by atoms with Gasteiger partial charge in [-0.25, -0.2) is 4.79 Å². The number of fused-ring (bicyclic) bond motifs is 1. The zero-order chi connectivity index (χ0) is 43.2. The van der Waals surface area contributed by atoms with Gasteiger partial charge in [0.15, 0.2) is 0 Å². The summed E-state index contributed by atoms with van der Waals surface area (Å²) in [5.74, 6) is -5.95. The molecular formula is C41H57N7O10S. The third-order valence-corrected chi connectivity index (χ3v) is 11.1. The van der Waals surface area contributed by atoms with Gasteiger partial charge in [-0.2, -0.15) is 12.6 Å². The van der Waals surface area contributed by atoms with Gasteiger partial charge >= 0.3 is 5.97 Å². The summed E-state index contributed by atoms with van der Waals surface area (Å²) in [4.78, 5) is 108. The molecule has 0 spiro atoms. The third kappa shape index (κ3) is 12.6. The summed E-state index contributed by atoms with van der Waals surface area (Å²) in [7, 11) is 0. The number of primary amides is 1. The molecule has 0 aromatic heterocycles. The van der Waals surface area contributed by atoms with Crippen molar-refractivity contribution in [3.05, 3.63) is 48.0 Å². The number of thiol groups is 1. The summed E-state index contributed by atoms with van der Waals surface area (Å²) in [5.41, 5.74) is 5.99. The molecule has 0 radical (unpaired) electrons. The van der Waals surface area contributed by atoms with Gasteiger partial charge in [-0.15, -0.1) is 0 Å². The molecule has 0 unspecified atom stereocenters. The molecule has 0 aliphatic carbocycles. The summed E-state index contributed by atoms with van der Waals surface area (Å²) in [5, 5.41) is 32.5. The highest BCUT2D eigenvalue weighted by molar-refractivity contribution is 7.80. The Morgan fingerprint density at radius 3 is 2.14 bits per heavy atom. The molecule has 8 N–H and O–H groups in total. The van der Waals surface area contributed by atoms with E-state index in [1.807, 2.05) is 31.2 Å². The fourth-order valence-corrected chi connectivity index (χ4v) is 7.85. The lowest BCUT2D eigenvalue weighted by Crippen LogP contribution is -2.61. The SMILES string of the molecule is CCCCCC(=O)N[C@H](CS)C(=O)N1CCC[C@H]1C(=O)N1CCC[C@H]1C(=O)N[C@H](C(=O)N[C@@H](CCC(N)=O)C(=O)N[C@@H](Cc1cccc2ccccc12)C(=O)O)[C@@H](C)O. The first kappa shape index (κ1) is 46.5. The molecule has 7 atom stereocenters. The van der Waals surface area contributed by atoms with Gasteiger partial charge in [0.1, 0.15) is 36.3 Å². The van der Waals surface area contributed by atoms with Gasteiger partial charge in [0.2, 0.25) is 41.4 Å². The smallest absolute Gasteiger partial charge is 0.326 e. The van der Waals surface area contributed by atoms with E-state index in [0.717, 1.165) is 23.6 Å². The average molecular weight is 840 g/mol. The van der Waals surface area contributed by atoms with Gasteiger partial charge in [0.25, 0.3) is 0 Å². The zero-order valence-corrected chi connectivity index (χ0v) is 34.5. The van der Waals surface area contributed by atoms with E-state index < -0.39 is 83.8 Å². The third-order valence-electron chi connectivity index (χ3n) is 10.8. The number of aliphatic hydroxyl groups is 1. The first-order chi connectivity index (χ1) is 28.2. The first-order valence-corrected chi connectivity index (χ1v) is 20.9. The number of carboxylic acid groups (broad SMARTS) is 1. The van der Waals surface area contributed by atoms with E-state index in [2.05, 4.69) is 33.9 Å². The fraction of sp³-hybridized carbons (Fsp3) is 0.561. The Labute approximate surface area is 349 Å². The van der Waals surface area contributed by atoms with E-state index in [4.69, 9.17) is 5.73 Å². The van der Waals surface area contributed by atoms with Crippen LogP contribution in [-0.2, 0) is 44.8 Å². The molecule has 2 heterocycles. The quantitative estimate of drug-likeness (QED) is 0.0640. The maximum atomic E-state index is 14.0. The van der Waals surface area contributed by atoms with Crippen molar-refractivity contribution in [1.29, 1.82) is 0 Å². The minimum absolute atomic E-state index is 0.0314. The molecule has 17 nitrogen and oxygen atoms in total. The second-order valence-corrected chi connectivity index (χ2v) is 15.5. The van der Waals surface area contributed by atoms with E-state index in [1.165, 1.54) is 16.7 Å². The molecule has 18 heteroatoms. The topological polar surface area (TPSA) is 258 Å². The monoisotopic (exact) mass is 839 g/mol. The van der Waals surface area contributed by atoms with Gasteiger partial charge in [0, 0.05) is 38.1 Å². The Morgan fingerprint density at radius 1 is 0.814 bits per heavy atom. The summed E-state index contributed by atoms with van der Waals surface area (Å²) in [6, 6.07) is 5.32. The van der Waals surface area contributed by atoms with Gasteiger partial charge in [-0.3, -0.25) is 33.6 Å². The molecule has 2 saturated heterocycles. The van der Waals surface area contributed by atoms with Crippen LogP contribution in [0.3, 0.4) is 0 Å². The number of carbonyl (C=O) groups is 8. The van der Waals surface area contributed by atoms with Crippen LogP contribution in [-0.4, -0.2) is 129 Å². The molecule has 2 aliphatic heterocycles. The number of carboxylic acids is 1. The lowest BCUT2D eigenvalue weighted by atomic mass is 9.98. The van der Waals surface area contributed by atoms with Crippen molar-refractivity contribution in [1.82, 2.24) is 31.1 Å². The van der Waals surface area contributed by atoms with Crippen molar-refractivity contribution in [2.24, 2.45) is 5.73 Å². The minimum atomic E-state index is -1.63. The average Bonchev–Trinajstić information content (AvgIpc) is 3.91. The van der Waals surface area contributed by atoms with Crippen LogP contribution in [0.15, 0.2) is 42.5 Å². The van der Waals surface area contributed by atoms with Crippen LogP contribution in [0.2, 0.25) is 0 Å². The van der Waals surface area contributed by atoms with Crippen LogP contribution in [0.5, 0.6) is 0 Å². The number of hydrogen-bond donors (Lipinski definition) is 8. The van der Waals surface area contributed by atoms with E-state index in [9.17, 15) is 48.6 Å². The molecule has 0 bridgehead atoms. The van der Waals surface area contributed by atoms with Crippen LogP contribution in [0.4, 0.5) is 0 Å². The number of likely N-dealkylation sites (tertiary alicyclic amines) is 2. The minimum Gasteiger partial charge on any atom is -0.480 e. The molecule has 7 amide bonds. The largest absolute Gasteiger partial charge is 0.480 e. The highest BCUT2D eigenvalue weighted by Gasteiger charge is 2.44. The summed E-state index contributed by atoms with van der Waals surface area (Å²) in [6.45, 7) is 3.74. The van der Waals surface area contributed by atoms with Crippen molar-refractivity contribution in [3.8, 4) is 0 Å². The molecule has 4 rings (SSSR count). The van der Waals surface area contributed by atoms with Crippen molar-refractivity contribution >= 4 is 70.7 Å². The number of carbonyl (C=O) groups excluding carboxylic acids is 7. The van der Waals surface area contributed by atoms with Crippen molar-refractivity contribution in [2.75, 3.05) is 18.8 Å². The molecule has 2 aliphatic rings. The Kier molecular flexibility index (Phi) is 17.5. The highest BCUT2D eigenvalue weighted by Crippen LogP contribution is 2.26. The molecular weight excluding hydrogens is 783 g/mol. The Balaban J connectivity index is 1.43. The number of unbranched alkanes of at least 4 members (excludes halogenated alkanes) is 2. The molecule has 0 saturated carbocycles. The first-order valence-electron chi connectivity index (χ1n) is 20.2. The number of nitrogens with zero attached hydrogens (tertiary/aromatic N) is 2. The van der Waals surface area contributed by atoms with Crippen LogP contribution in [0.1, 0.15) is 83.6 Å². The normalized spacial score (nSPS) is 18.9. The van der Waals surface area contributed by atoms with E-state index in [0.29, 0.717) is 31.2 Å². The van der Waals surface area contributed by atoms with Gasteiger partial charge < -0.3 is 47.0 Å². The molecule has 2 aromatic rings. The zero-order valence-electron chi connectivity index (χ0n) is 33.6. The summed E-state index contributed by atoms with van der Waals surface area (Å²) < 4.78 is 0. The second kappa shape index (κ2) is 22.2. The summed E-state index contributed by atoms with van der Waals surface area (Å²) >= 11 is 4.28. The highest BCUT2D eigenvalue weighted by atomic mass is 32.1. The fourth-order valence-electron chi connectivity index (χ4n) is 7.60. The van der Waals surface area contributed by atoms with Crippen molar-refractivity contribution in [2.45, 2.75) is 127 Å². The number of hydrogen-bond acceptors (Lipinski definition) is 10. The Bertz CT molecular complexity index is 1860. The Hall–Kier alpha value is -5.23. The van der Waals surface area contributed by atoms with Crippen molar-refractivity contribution in [3.63, 3.8) is 0 Å². The second-order valence-electron chi connectivity index (χ2n) is 15.2. The van der Waals surface area contributed by atoms with E-state index in [1.54, 1.807) is 18.2 Å². The predicted molar refractivity (Wildman–Crippen MR) is 221 cm³/mol. The van der Waals surface area contributed by atoms with Crippen LogP contribution in [0.25, 0.3) is 10.8 Å². The van der Waals surface area contributed by atoms with E-state index in [-0.39, 0.29) is 56.9 Å². The number of nitrogens with one attached hydrogen (secondary N) is 4. The standard InChI is InChI=1S/C41H57N7O10S/c1-3-4-5-17-34(51)43-30(23-59)39(55)48-21-10-16-32(48)40(56)47-20-9-15-31(47)37(53)46-35(24(2)49)38(54)44-28(18-19-33(42)50)36(52)45-29(41(57)58)22-26-13-8-12-25-11-6-7-14-27(25)26/h6-8,11-14,24,28-32,35,49,59H,3-5,9-10,15-23H2,1-2H3,(H2,42,50)(H,43,51)(H,44,54)(H,45,52)(H,46,53)(H,57,58)/t24-,28+,29+,30-,31+,32+,35+/m1/s1. The van der Waals surface area contributed by atoms with Gasteiger partial charge in [-0.05, 0) is 61.8 Å². The van der Waals surface area contributed by atoms with Crippen LogP contribution in [0, 0.1) is 0 Å². The van der Waals surface area contributed by atoms with Crippen molar-refractivity contribution < 1.29 is 48.6 Å². The lowest BCUT2D eigenvalue weighted by molar-refractivity contribution is -0.148. The number of rotatable bonds is 21. The number of aliphatic hydroxyl groups excluding tert-OH is 1. The Morgan fingerprint density at radius 2 is 1.47 bits per heavy atom. The lowest BCUT2D eigenvalue weighted by Gasteiger charge is -2.33. The molecule has 2 fully saturated rings. The van der Waals surface area contributed by atoms with E-state index >= 15 is 0 Å². The molecule has 322 valence electrons. The number of benzene rings is 2. The van der Waals surface area contributed by atoms with Crippen LogP contribution >= 0.6 is 12.6 Å². The number of amides is 7. The maximum absolute atomic E-state index is 14.0. The molecule has 59 heavy (non-hydrogen) atoms. The van der Waals surface area contributed by atoms with Gasteiger partial charge in [-0.1, -0.05) is 62.2 Å². The van der Waals surface area contributed by atoms with Gasteiger partial charge in [0.05, 0.1) is 6.10 Å². The van der Waals surface area contributed by atoms with Crippen LogP contribution < -0.4 is 27.0 Å². The number of nitrogens with two attached hydrogens (primary N) is 1. The number of aliphatic carboxylic acids is 1. The summed E-state index contributed by atoms with van der Waals surface area (Å²) in [6.07, 6.45) is 2.05. The molecule has 2 aromatic carbocycles. The maximum Gasteiger partial charge on any atom is 0.326 e. The predicted octanol–water partition coefficient (Wildman–Crippen LogP) is 0.545.